The smallest absolute Gasteiger partial charge is 0.350 e. The van der Waals surface area contributed by atoms with Crippen molar-refractivity contribution < 1.29 is 19.2 Å². The fourth-order valence-corrected chi connectivity index (χ4v) is 5.58. The molecule has 2 fully saturated rings. The topological polar surface area (TPSA) is 87.7 Å². The average molecular weight is 589 g/mol. The molecule has 0 aromatic heterocycles. The molecule has 10 heteroatoms. The molecule has 2 saturated heterocycles. The van der Waals surface area contributed by atoms with Crippen LogP contribution in [0.2, 0.25) is 0 Å². The molecule has 6 amide bonds. The number of hydrazine groups is 1. The molecule has 0 bridgehead atoms. The van der Waals surface area contributed by atoms with Gasteiger partial charge in [0.25, 0.3) is 11.8 Å². The molecule has 0 radical (unpaired) electrons. The zero-order chi connectivity index (χ0) is 31.1. The van der Waals surface area contributed by atoms with E-state index in [-0.39, 0.29) is 0 Å². The van der Waals surface area contributed by atoms with Crippen LogP contribution in [0.4, 0.5) is 21.0 Å². The molecule has 2 unspecified atom stereocenters. The molecule has 2 atom stereocenters. The predicted molar refractivity (Wildman–Crippen MR) is 167 cm³/mol. The molecule has 4 aromatic rings. The van der Waals surface area contributed by atoms with Crippen LogP contribution in [-0.4, -0.2) is 71.9 Å². The third-order valence-corrected chi connectivity index (χ3v) is 7.88. The Morgan fingerprint density at radius 3 is 1.11 bits per heavy atom. The van der Waals surface area contributed by atoms with E-state index < -0.39 is 36.2 Å². The molecular weight excluding hydrogens is 556 g/mol. The first-order valence-corrected chi connectivity index (χ1v) is 14.2. The highest BCUT2D eigenvalue weighted by Crippen LogP contribution is 2.47. The molecular formula is C34H32N6O4. The van der Waals surface area contributed by atoms with Gasteiger partial charge in [0, 0.05) is 50.7 Å². The van der Waals surface area contributed by atoms with E-state index in [1.54, 1.807) is 84.9 Å². The monoisotopic (exact) mass is 588 g/mol. The number of hydrogen-bond donors (Lipinski definition) is 0. The van der Waals surface area contributed by atoms with Gasteiger partial charge in [-0.3, -0.25) is 9.59 Å². The molecule has 0 aliphatic carbocycles. The average Bonchev–Trinajstić information content (AvgIpc) is 3.52. The van der Waals surface area contributed by atoms with Crippen molar-refractivity contribution in [2.75, 3.05) is 38.0 Å². The summed E-state index contributed by atoms with van der Waals surface area (Å²) in [6, 6.07) is 30.1. The van der Waals surface area contributed by atoms with E-state index in [4.69, 9.17) is 0 Å². The standard InChI is InChI=1S/C34H32N6O4/c1-35(2)27-19-15-23(16-20-27)29-37(31(41)25-11-7-5-8-12-25)33(43)40-30(24-17-21-28(22-18-24)36(3)4)38(34(44)39(29)40)32(42)26-13-9-6-10-14-26/h5-22,29-30H,1-4H3. The second-order valence-corrected chi connectivity index (χ2v) is 11.1. The van der Waals surface area contributed by atoms with Crippen LogP contribution in [-0.2, 0) is 0 Å². The molecule has 10 nitrogen and oxygen atoms in total. The lowest BCUT2D eigenvalue weighted by molar-refractivity contribution is 0.0454. The first-order chi connectivity index (χ1) is 21.2. The highest BCUT2D eigenvalue weighted by molar-refractivity contribution is 6.10. The molecule has 6 rings (SSSR count). The van der Waals surface area contributed by atoms with Crippen LogP contribution in [0.3, 0.4) is 0 Å². The van der Waals surface area contributed by atoms with Crippen LogP contribution in [0.15, 0.2) is 109 Å². The minimum Gasteiger partial charge on any atom is -0.378 e. The molecule has 2 heterocycles. The quantitative estimate of drug-likeness (QED) is 0.292. The maximum atomic E-state index is 14.5. The SMILES string of the molecule is CN(C)c1ccc(C2N(C(=O)c3ccccc3)C(=O)N3C(c4ccc(N(C)C)cc4)N(C(=O)c4ccccc4)C(=O)N23)cc1. The zero-order valence-electron chi connectivity index (χ0n) is 24.9. The summed E-state index contributed by atoms with van der Waals surface area (Å²) < 4.78 is 0. The summed E-state index contributed by atoms with van der Waals surface area (Å²) in [6.07, 6.45) is -2.26. The number of hydrogen-bond acceptors (Lipinski definition) is 6. The maximum Gasteiger partial charge on any atom is 0.350 e. The van der Waals surface area contributed by atoms with Crippen LogP contribution in [0.1, 0.15) is 44.2 Å². The Morgan fingerprint density at radius 2 is 0.818 bits per heavy atom. The van der Waals surface area contributed by atoms with Gasteiger partial charge in [-0.25, -0.2) is 29.4 Å². The normalized spacial score (nSPS) is 17.6. The summed E-state index contributed by atoms with van der Waals surface area (Å²) in [5.41, 5.74) is 3.50. The molecule has 2 aliphatic heterocycles. The van der Waals surface area contributed by atoms with Gasteiger partial charge in [-0.15, -0.1) is 0 Å². The minimum atomic E-state index is -1.13. The number of urea groups is 2. The first kappa shape index (κ1) is 28.5. The van der Waals surface area contributed by atoms with Crippen molar-refractivity contribution in [3.8, 4) is 0 Å². The van der Waals surface area contributed by atoms with Crippen LogP contribution < -0.4 is 9.80 Å². The summed E-state index contributed by atoms with van der Waals surface area (Å²) in [7, 11) is 7.63. The molecule has 0 saturated carbocycles. The number of benzene rings is 4. The number of fused-ring (bicyclic) bond motifs is 1. The van der Waals surface area contributed by atoms with Gasteiger partial charge in [-0.1, -0.05) is 60.7 Å². The highest BCUT2D eigenvalue weighted by atomic mass is 16.2. The van der Waals surface area contributed by atoms with Gasteiger partial charge >= 0.3 is 12.1 Å². The summed E-state index contributed by atoms with van der Waals surface area (Å²) in [5.74, 6) is -1.11. The third-order valence-electron chi connectivity index (χ3n) is 7.88. The van der Waals surface area contributed by atoms with Gasteiger partial charge in [0.2, 0.25) is 0 Å². The van der Waals surface area contributed by atoms with Crippen LogP contribution in [0.25, 0.3) is 0 Å². The Hall–Kier alpha value is -5.64. The second-order valence-electron chi connectivity index (χ2n) is 11.1. The lowest BCUT2D eigenvalue weighted by Crippen LogP contribution is -2.44. The lowest BCUT2D eigenvalue weighted by atomic mass is 10.1. The maximum absolute atomic E-state index is 14.5. The molecule has 0 spiro atoms. The van der Waals surface area contributed by atoms with Crippen molar-refractivity contribution in [2.24, 2.45) is 0 Å². The van der Waals surface area contributed by atoms with Gasteiger partial charge in [0.15, 0.2) is 12.3 Å². The van der Waals surface area contributed by atoms with Crippen LogP contribution in [0.5, 0.6) is 0 Å². The molecule has 2 aliphatic rings. The number of carbonyl (C=O) groups is 4. The van der Waals surface area contributed by atoms with Crippen molar-refractivity contribution in [3.05, 3.63) is 131 Å². The van der Waals surface area contributed by atoms with Gasteiger partial charge in [-0.05, 0) is 59.7 Å². The minimum absolute atomic E-state index is 0.301. The summed E-state index contributed by atoms with van der Waals surface area (Å²) in [4.78, 5) is 63.0. The van der Waals surface area contributed by atoms with Crippen molar-refractivity contribution >= 4 is 35.3 Å². The Kier molecular flexibility index (Phi) is 7.26. The van der Waals surface area contributed by atoms with E-state index in [1.807, 2.05) is 62.3 Å². The lowest BCUT2D eigenvalue weighted by Gasteiger charge is -2.28. The van der Waals surface area contributed by atoms with Crippen molar-refractivity contribution in [3.63, 3.8) is 0 Å². The predicted octanol–water partition coefficient (Wildman–Crippen LogP) is 5.59. The summed E-state index contributed by atoms with van der Waals surface area (Å²) >= 11 is 0. The highest BCUT2D eigenvalue weighted by Gasteiger charge is 2.62. The number of rotatable bonds is 6. The number of anilines is 2. The number of imide groups is 2. The molecule has 0 N–H and O–H groups in total. The van der Waals surface area contributed by atoms with E-state index in [0.717, 1.165) is 21.2 Å². The van der Waals surface area contributed by atoms with Gasteiger partial charge in [-0.2, -0.15) is 0 Å². The molecule has 44 heavy (non-hydrogen) atoms. The van der Waals surface area contributed by atoms with E-state index in [2.05, 4.69) is 0 Å². The Morgan fingerprint density at radius 1 is 0.500 bits per heavy atom. The Bertz CT molecular complexity index is 1580. The summed E-state index contributed by atoms with van der Waals surface area (Å²) in [5, 5.41) is 2.47. The number of amides is 6. The Labute approximate surface area is 255 Å². The molecule has 222 valence electrons. The number of nitrogens with zero attached hydrogens (tertiary/aromatic N) is 6. The zero-order valence-corrected chi connectivity index (χ0v) is 24.9. The van der Waals surface area contributed by atoms with Crippen LogP contribution >= 0.6 is 0 Å². The third kappa shape index (κ3) is 4.70. The fraction of sp³-hybridized carbons (Fsp3) is 0.176. The van der Waals surface area contributed by atoms with Gasteiger partial charge < -0.3 is 9.80 Å². The molecule has 4 aromatic carbocycles. The van der Waals surface area contributed by atoms with Crippen molar-refractivity contribution in [1.82, 2.24) is 19.8 Å². The van der Waals surface area contributed by atoms with Crippen molar-refractivity contribution in [1.29, 1.82) is 0 Å². The Balaban J connectivity index is 1.52. The fourth-order valence-electron chi connectivity index (χ4n) is 5.58. The van der Waals surface area contributed by atoms with Gasteiger partial charge in [0.05, 0.1) is 0 Å². The first-order valence-electron chi connectivity index (χ1n) is 14.2. The largest absolute Gasteiger partial charge is 0.378 e. The number of carbonyl (C=O) groups excluding carboxylic acids is 4. The van der Waals surface area contributed by atoms with E-state index >= 15 is 0 Å². The van der Waals surface area contributed by atoms with Crippen LogP contribution in [0, 0.1) is 0 Å². The van der Waals surface area contributed by atoms with E-state index in [0.29, 0.717) is 22.3 Å². The van der Waals surface area contributed by atoms with Crippen molar-refractivity contribution in [2.45, 2.75) is 12.3 Å². The second kappa shape index (κ2) is 11.2. The van der Waals surface area contributed by atoms with E-state index in [1.165, 1.54) is 10.0 Å². The summed E-state index contributed by atoms with van der Waals surface area (Å²) in [6.45, 7) is 0. The van der Waals surface area contributed by atoms with Gasteiger partial charge in [0.1, 0.15) is 0 Å². The van der Waals surface area contributed by atoms with E-state index in [9.17, 15) is 19.2 Å².